The van der Waals surface area contributed by atoms with Crippen molar-refractivity contribution in [2.24, 2.45) is 16.9 Å². The van der Waals surface area contributed by atoms with Crippen LogP contribution in [0.2, 0.25) is 0 Å². The van der Waals surface area contributed by atoms with E-state index >= 15 is 0 Å². The van der Waals surface area contributed by atoms with Crippen LogP contribution in [-0.2, 0) is 0 Å². The van der Waals surface area contributed by atoms with Crippen LogP contribution in [0.1, 0.15) is 40.5 Å². The van der Waals surface area contributed by atoms with Gasteiger partial charge in [-0.1, -0.05) is 34.1 Å². The van der Waals surface area contributed by atoms with E-state index in [1.807, 2.05) is 0 Å². The fourth-order valence-electron chi connectivity index (χ4n) is 0.118. The number of hydrogen-bond donors (Lipinski definition) is 4. The van der Waals surface area contributed by atoms with Gasteiger partial charge >= 0.3 is 0 Å². The number of rotatable bonds is 2. The van der Waals surface area contributed by atoms with Crippen molar-refractivity contribution in [1.29, 1.82) is 0 Å². The first-order chi connectivity index (χ1) is 4.97. The second-order valence-electron chi connectivity index (χ2n) is 3.85. The molecule has 0 saturated heterocycles. The molecule has 0 rings (SSSR count). The van der Waals surface area contributed by atoms with Crippen LogP contribution in [0.15, 0.2) is 0 Å². The molecule has 0 amide bonds. The molecule has 0 spiro atoms. The number of hydrogen-bond acceptors (Lipinski definition) is 4. The Hall–Kier alpha value is -0.160. The molecule has 0 saturated carbocycles. The van der Waals surface area contributed by atoms with Gasteiger partial charge in [0.05, 0.1) is 0 Å². The van der Waals surface area contributed by atoms with Gasteiger partial charge in [0.15, 0.2) is 0 Å². The molecule has 0 bridgehead atoms. The summed E-state index contributed by atoms with van der Waals surface area (Å²) in [7, 11) is 0. The Balaban J connectivity index is -0.0000000546. The average molecular weight is 194 g/mol. The third kappa shape index (κ3) is 48.9. The van der Waals surface area contributed by atoms with Crippen LogP contribution in [0, 0.1) is 5.41 Å². The normalized spacial score (nSPS) is 8.77. The zero-order valence-corrected chi connectivity index (χ0v) is 9.90. The Morgan fingerprint density at radius 1 is 0.923 bits per heavy atom. The van der Waals surface area contributed by atoms with Crippen LogP contribution in [-0.4, -0.2) is 13.1 Å². The standard InChI is InChI=1S/C6H14.C3H10N2.2H3N/c1-5-6(2,3)4;4-2-1-3-5;;/h5H2,1-4H3;1-5H2;2*1H3. The van der Waals surface area contributed by atoms with Gasteiger partial charge in [0.2, 0.25) is 0 Å². The second-order valence-corrected chi connectivity index (χ2v) is 3.85. The van der Waals surface area contributed by atoms with E-state index in [2.05, 4.69) is 27.7 Å². The highest BCUT2D eigenvalue weighted by Crippen LogP contribution is 2.16. The molecule has 13 heavy (non-hydrogen) atoms. The molecule has 0 aromatic rings. The Bertz CT molecular complexity index is 66.5. The molecule has 0 aliphatic carbocycles. The molecule has 86 valence electrons. The van der Waals surface area contributed by atoms with Gasteiger partial charge in [-0.2, -0.15) is 0 Å². The third-order valence-corrected chi connectivity index (χ3v) is 1.47. The van der Waals surface area contributed by atoms with Gasteiger partial charge < -0.3 is 23.8 Å². The van der Waals surface area contributed by atoms with Crippen molar-refractivity contribution in [2.45, 2.75) is 40.5 Å². The lowest BCUT2D eigenvalue weighted by Gasteiger charge is -2.12. The van der Waals surface area contributed by atoms with E-state index in [1.165, 1.54) is 6.42 Å². The van der Waals surface area contributed by atoms with Crippen LogP contribution in [0.25, 0.3) is 0 Å². The summed E-state index contributed by atoms with van der Waals surface area (Å²) >= 11 is 0. The minimum Gasteiger partial charge on any atom is -0.344 e. The molecule has 0 unspecified atom stereocenters. The lowest BCUT2D eigenvalue weighted by atomic mass is 9.94. The molecule has 0 aliphatic heterocycles. The van der Waals surface area contributed by atoms with Crippen LogP contribution in [0.3, 0.4) is 0 Å². The molecule has 0 heterocycles. The van der Waals surface area contributed by atoms with E-state index in [-0.39, 0.29) is 12.3 Å². The second kappa shape index (κ2) is 14.4. The predicted octanol–water partition coefficient (Wildman–Crippen LogP) is 2.06. The van der Waals surface area contributed by atoms with Crippen molar-refractivity contribution < 1.29 is 0 Å². The highest BCUT2D eigenvalue weighted by molar-refractivity contribution is 4.55. The molecule has 10 N–H and O–H groups in total. The zero-order chi connectivity index (χ0) is 9.33. The first-order valence-corrected chi connectivity index (χ1v) is 4.38. The van der Waals surface area contributed by atoms with Gasteiger partial charge in [0, 0.05) is 0 Å². The van der Waals surface area contributed by atoms with E-state index < -0.39 is 0 Å². The summed E-state index contributed by atoms with van der Waals surface area (Å²) in [4.78, 5) is 0. The first kappa shape index (κ1) is 23.0. The predicted molar refractivity (Wildman–Crippen MR) is 62.5 cm³/mol. The van der Waals surface area contributed by atoms with Gasteiger partial charge in [-0.25, -0.2) is 0 Å². The maximum absolute atomic E-state index is 5.06. The van der Waals surface area contributed by atoms with E-state index in [9.17, 15) is 0 Å². The fraction of sp³-hybridized carbons (Fsp3) is 1.00. The fourth-order valence-corrected chi connectivity index (χ4v) is 0.118. The van der Waals surface area contributed by atoms with Crippen LogP contribution in [0.4, 0.5) is 0 Å². The minimum absolute atomic E-state index is 0. The van der Waals surface area contributed by atoms with Gasteiger partial charge in [0.1, 0.15) is 0 Å². The Kier molecular flexibility index (Phi) is 25.5. The van der Waals surface area contributed by atoms with E-state index in [4.69, 9.17) is 11.5 Å². The Morgan fingerprint density at radius 2 is 1.15 bits per heavy atom. The molecule has 0 fully saturated rings. The maximum atomic E-state index is 5.06. The average Bonchev–Trinajstić information content (AvgIpc) is 1.90. The van der Waals surface area contributed by atoms with Gasteiger partial charge in [-0.05, 0) is 24.9 Å². The zero-order valence-electron chi connectivity index (χ0n) is 9.90. The highest BCUT2D eigenvalue weighted by atomic mass is 14.6. The summed E-state index contributed by atoms with van der Waals surface area (Å²) < 4.78 is 0. The summed E-state index contributed by atoms with van der Waals surface area (Å²) in [5.74, 6) is 0. The molecule has 0 atom stereocenters. The quantitative estimate of drug-likeness (QED) is 0.537. The van der Waals surface area contributed by atoms with E-state index in [1.54, 1.807) is 0 Å². The van der Waals surface area contributed by atoms with Gasteiger partial charge in [-0.3, -0.25) is 0 Å². The molecular formula is C9H30N4. The van der Waals surface area contributed by atoms with Gasteiger partial charge in [-0.15, -0.1) is 0 Å². The lowest BCUT2D eigenvalue weighted by molar-refractivity contribution is 0.398. The van der Waals surface area contributed by atoms with Gasteiger partial charge in [0.25, 0.3) is 0 Å². The summed E-state index contributed by atoms with van der Waals surface area (Å²) in [6, 6.07) is 0. The lowest BCUT2D eigenvalue weighted by Crippen LogP contribution is -2.06. The van der Waals surface area contributed by atoms with Crippen molar-refractivity contribution in [2.75, 3.05) is 13.1 Å². The van der Waals surface area contributed by atoms with E-state index in [0.717, 1.165) is 19.5 Å². The van der Waals surface area contributed by atoms with Crippen molar-refractivity contribution in [3.8, 4) is 0 Å². The topological polar surface area (TPSA) is 122 Å². The molecule has 4 nitrogen and oxygen atoms in total. The van der Waals surface area contributed by atoms with Crippen LogP contribution in [0.5, 0.6) is 0 Å². The van der Waals surface area contributed by atoms with Crippen LogP contribution >= 0.6 is 0 Å². The van der Waals surface area contributed by atoms with Crippen molar-refractivity contribution >= 4 is 0 Å². The third-order valence-electron chi connectivity index (χ3n) is 1.47. The molecular weight excluding hydrogens is 164 g/mol. The summed E-state index contributed by atoms with van der Waals surface area (Å²) in [6.07, 6.45) is 2.22. The highest BCUT2D eigenvalue weighted by Gasteiger charge is 2.03. The van der Waals surface area contributed by atoms with Crippen molar-refractivity contribution in [3.05, 3.63) is 0 Å². The van der Waals surface area contributed by atoms with Crippen molar-refractivity contribution in [1.82, 2.24) is 12.3 Å². The summed E-state index contributed by atoms with van der Waals surface area (Å²) in [5.41, 5.74) is 10.7. The SMILES string of the molecule is CCC(C)(C)C.N.N.NCCCN. The summed E-state index contributed by atoms with van der Waals surface area (Å²) in [5, 5.41) is 0. The monoisotopic (exact) mass is 194 g/mol. The first-order valence-electron chi connectivity index (χ1n) is 4.38. The molecule has 4 heteroatoms. The van der Waals surface area contributed by atoms with E-state index in [0.29, 0.717) is 5.41 Å². The minimum atomic E-state index is 0. The molecule has 0 aromatic heterocycles. The Labute approximate surface area is 83.6 Å². The largest absolute Gasteiger partial charge is 0.344 e. The smallest absolute Gasteiger partial charge is 0.00653 e. The molecule has 0 radical (unpaired) electrons. The van der Waals surface area contributed by atoms with Crippen molar-refractivity contribution in [3.63, 3.8) is 0 Å². The number of nitrogens with two attached hydrogens (primary N) is 2. The maximum Gasteiger partial charge on any atom is -0.00653 e. The molecule has 0 aromatic carbocycles. The summed E-state index contributed by atoms with van der Waals surface area (Å²) in [6.45, 7) is 10.4. The molecule has 0 aliphatic rings. The van der Waals surface area contributed by atoms with Crippen LogP contribution < -0.4 is 23.8 Å². The Morgan fingerprint density at radius 3 is 1.15 bits per heavy atom.